The van der Waals surface area contributed by atoms with E-state index < -0.39 is 9.75 Å². The van der Waals surface area contributed by atoms with Crippen LogP contribution < -0.4 is 0 Å². The van der Waals surface area contributed by atoms with Gasteiger partial charge in [-0.1, -0.05) is 0 Å². The third-order valence-corrected chi connectivity index (χ3v) is 4.54. The standard InChI is InChI=1S/C11H17Cl2NO2/c1-7-4-14(5-8(2)16-7)9(15)10(3)6-11(10,12)13/h7-8H,4-6H2,1-3H3/t7-,8+,10-/m1/s1. The van der Waals surface area contributed by atoms with Gasteiger partial charge in [0.1, 0.15) is 4.33 Å². The van der Waals surface area contributed by atoms with Crippen LogP contribution in [0.1, 0.15) is 27.2 Å². The summed E-state index contributed by atoms with van der Waals surface area (Å²) in [6.45, 7) is 7.03. The number of amides is 1. The largest absolute Gasteiger partial charge is 0.372 e. The molecule has 2 rings (SSSR count). The summed E-state index contributed by atoms with van der Waals surface area (Å²) < 4.78 is 4.71. The van der Waals surface area contributed by atoms with Crippen LogP contribution in [0, 0.1) is 5.41 Å². The molecule has 0 N–H and O–H groups in total. The summed E-state index contributed by atoms with van der Waals surface area (Å²) in [5, 5.41) is 0. The molecule has 1 aliphatic carbocycles. The molecule has 5 heteroatoms. The van der Waals surface area contributed by atoms with Crippen molar-refractivity contribution in [1.82, 2.24) is 4.90 Å². The molecule has 0 unspecified atom stereocenters. The molecular formula is C11H17Cl2NO2. The molecule has 0 aromatic rings. The molecule has 1 amide bonds. The van der Waals surface area contributed by atoms with Crippen LogP contribution in [0.15, 0.2) is 0 Å². The number of rotatable bonds is 1. The average molecular weight is 266 g/mol. The van der Waals surface area contributed by atoms with E-state index in [0.717, 1.165) is 0 Å². The monoisotopic (exact) mass is 265 g/mol. The van der Waals surface area contributed by atoms with Gasteiger partial charge < -0.3 is 9.64 Å². The highest BCUT2D eigenvalue weighted by Crippen LogP contribution is 2.64. The lowest BCUT2D eigenvalue weighted by molar-refractivity contribution is -0.148. The summed E-state index contributed by atoms with van der Waals surface area (Å²) in [5.41, 5.74) is -0.604. The van der Waals surface area contributed by atoms with Gasteiger partial charge in [0.2, 0.25) is 5.91 Å². The summed E-state index contributed by atoms with van der Waals surface area (Å²) in [5.74, 6) is 0.0551. The van der Waals surface area contributed by atoms with E-state index in [1.54, 1.807) is 0 Å². The van der Waals surface area contributed by atoms with E-state index in [1.165, 1.54) is 0 Å². The van der Waals surface area contributed by atoms with Gasteiger partial charge in [0.15, 0.2) is 0 Å². The maximum atomic E-state index is 12.3. The quantitative estimate of drug-likeness (QED) is 0.681. The number of halogens is 2. The molecule has 2 fully saturated rings. The van der Waals surface area contributed by atoms with Gasteiger partial charge in [0.05, 0.1) is 17.6 Å². The fourth-order valence-electron chi connectivity index (χ4n) is 2.32. The first-order valence-corrected chi connectivity index (χ1v) is 6.34. The van der Waals surface area contributed by atoms with Crippen molar-refractivity contribution in [2.24, 2.45) is 5.41 Å². The van der Waals surface area contributed by atoms with E-state index in [4.69, 9.17) is 27.9 Å². The smallest absolute Gasteiger partial charge is 0.231 e. The van der Waals surface area contributed by atoms with Crippen molar-refractivity contribution in [3.63, 3.8) is 0 Å². The van der Waals surface area contributed by atoms with Crippen molar-refractivity contribution in [2.45, 2.75) is 43.7 Å². The predicted octanol–water partition coefficient (Wildman–Crippen LogP) is 2.21. The highest BCUT2D eigenvalue weighted by molar-refractivity contribution is 6.53. The minimum absolute atomic E-state index is 0.0551. The maximum Gasteiger partial charge on any atom is 0.231 e. The highest BCUT2D eigenvalue weighted by Gasteiger charge is 2.68. The van der Waals surface area contributed by atoms with Crippen molar-refractivity contribution in [3.05, 3.63) is 0 Å². The Morgan fingerprint density at radius 1 is 1.31 bits per heavy atom. The van der Waals surface area contributed by atoms with Crippen LogP contribution in [-0.4, -0.2) is 40.4 Å². The minimum atomic E-state index is -0.880. The van der Waals surface area contributed by atoms with E-state index in [9.17, 15) is 4.79 Å². The Morgan fingerprint density at radius 2 is 1.75 bits per heavy atom. The fraction of sp³-hybridized carbons (Fsp3) is 0.909. The Morgan fingerprint density at radius 3 is 2.12 bits per heavy atom. The van der Waals surface area contributed by atoms with Gasteiger partial charge in [-0.05, 0) is 27.2 Å². The molecule has 0 aromatic carbocycles. The Bertz CT molecular complexity index is 311. The Kier molecular flexibility index (Phi) is 2.93. The molecule has 1 saturated heterocycles. The zero-order valence-corrected chi connectivity index (χ0v) is 11.3. The van der Waals surface area contributed by atoms with E-state index in [-0.39, 0.29) is 18.1 Å². The van der Waals surface area contributed by atoms with E-state index >= 15 is 0 Å². The molecule has 3 atom stereocenters. The molecule has 1 heterocycles. The van der Waals surface area contributed by atoms with Crippen molar-refractivity contribution in [2.75, 3.05) is 13.1 Å². The number of carbonyl (C=O) groups excluding carboxylic acids is 1. The summed E-state index contributed by atoms with van der Waals surface area (Å²) in [6.07, 6.45) is 0.701. The van der Waals surface area contributed by atoms with Crippen molar-refractivity contribution >= 4 is 29.1 Å². The first-order chi connectivity index (χ1) is 7.26. The van der Waals surface area contributed by atoms with E-state index in [2.05, 4.69) is 0 Å². The molecular weight excluding hydrogens is 249 g/mol. The van der Waals surface area contributed by atoms with Crippen molar-refractivity contribution < 1.29 is 9.53 Å². The number of ether oxygens (including phenoxy) is 1. The second-order valence-electron chi connectivity index (χ2n) is 5.18. The van der Waals surface area contributed by atoms with Crippen molar-refractivity contribution in [3.8, 4) is 0 Å². The van der Waals surface area contributed by atoms with Crippen LogP contribution in [0.2, 0.25) is 0 Å². The molecule has 3 nitrogen and oxygen atoms in total. The van der Waals surface area contributed by atoms with E-state index in [0.29, 0.717) is 19.5 Å². The van der Waals surface area contributed by atoms with Gasteiger partial charge in [-0.3, -0.25) is 4.79 Å². The lowest BCUT2D eigenvalue weighted by atomic mass is 10.1. The number of hydrogen-bond acceptors (Lipinski definition) is 2. The SMILES string of the molecule is C[C@@H]1CN(C(=O)[C@@]2(C)CC2(Cl)Cl)C[C@H](C)O1. The number of morpholine rings is 1. The zero-order valence-electron chi connectivity index (χ0n) is 9.80. The van der Waals surface area contributed by atoms with Gasteiger partial charge >= 0.3 is 0 Å². The Balaban J connectivity index is 2.06. The third kappa shape index (κ3) is 1.93. The number of carbonyl (C=O) groups is 1. The first kappa shape index (κ1) is 12.5. The van der Waals surface area contributed by atoms with Crippen LogP contribution >= 0.6 is 23.2 Å². The van der Waals surface area contributed by atoms with Gasteiger partial charge in [-0.15, -0.1) is 23.2 Å². The number of nitrogens with zero attached hydrogens (tertiary/aromatic N) is 1. The molecule has 16 heavy (non-hydrogen) atoms. The molecule has 1 saturated carbocycles. The summed E-state index contributed by atoms with van der Waals surface area (Å²) >= 11 is 12.0. The zero-order chi connectivity index (χ0) is 12.1. The highest BCUT2D eigenvalue weighted by atomic mass is 35.5. The summed E-state index contributed by atoms with van der Waals surface area (Å²) in [6, 6.07) is 0. The average Bonchev–Trinajstić information content (AvgIpc) is 2.64. The molecule has 0 bridgehead atoms. The minimum Gasteiger partial charge on any atom is -0.372 e. The van der Waals surface area contributed by atoms with Gasteiger partial charge in [0.25, 0.3) is 0 Å². The fourth-order valence-corrected chi connectivity index (χ4v) is 3.02. The second-order valence-corrected chi connectivity index (χ2v) is 6.66. The summed E-state index contributed by atoms with van der Waals surface area (Å²) in [4.78, 5) is 14.1. The Hall–Kier alpha value is 0.01000. The molecule has 92 valence electrons. The second kappa shape index (κ2) is 3.76. The number of hydrogen-bond donors (Lipinski definition) is 0. The van der Waals surface area contributed by atoms with Crippen LogP contribution in [-0.2, 0) is 9.53 Å². The summed E-state index contributed by atoms with van der Waals surface area (Å²) in [7, 11) is 0. The molecule has 0 aromatic heterocycles. The lowest BCUT2D eigenvalue weighted by Crippen LogP contribution is -2.50. The lowest BCUT2D eigenvalue weighted by Gasteiger charge is -2.37. The molecule has 2 aliphatic rings. The van der Waals surface area contributed by atoms with Gasteiger partial charge in [-0.25, -0.2) is 0 Å². The van der Waals surface area contributed by atoms with Crippen molar-refractivity contribution in [1.29, 1.82) is 0 Å². The number of alkyl halides is 2. The third-order valence-electron chi connectivity index (χ3n) is 3.44. The van der Waals surface area contributed by atoms with E-state index in [1.807, 2.05) is 25.7 Å². The molecule has 0 radical (unpaired) electrons. The van der Waals surface area contributed by atoms with Crippen LogP contribution in [0.3, 0.4) is 0 Å². The van der Waals surface area contributed by atoms with Gasteiger partial charge in [0, 0.05) is 13.1 Å². The molecule has 0 spiro atoms. The Labute approximate surface area is 106 Å². The molecule has 1 aliphatic heterocycles. The van der Waals surface area contributed by atoms with Crippen LogP contribution in [0.25, 0.3) is 0 Å². The first-order valence-electron chi connectivity index (χ1n) is 5.59. The van der Waals surface area contributed by atoms with Crippen LogP contribution in [0.4, 0.5) is 0 Å². The maximum absolute atomic E-state index is 12.3. The van der Waals surface area contributed by atoms with Gasteiger partial charge in [-0.2, -0.15) is 0 Å². The topological polar surface area (TPSA) is 29.5 Å². The van der Waals surface area contributed by atoms with Crippen LogP contribution in [0.5, 0.6) is 0 Å². The predicted molar refractivity (Wildman–Crippen MR) is 63.8 cm³/mol. The normalized spacial score (nSPS) is 41.9.